The molecule has 0 bridgehead atoms. The summed E-state index contributed by atoms with van der Waals surface area (Å²) >= 11 is 0. The molecule has 140 valence electrons. The summed E-state index contributed by atoms with van der Waals surface area (Å²) in [4.78, 5) is 18.6. The van der Waals surface area contributed by atoms with Crippen LogP contribution in [0, 0.1) is 5.92 Å². The number of amides is 1. The molecule has 0 radical (unpaired) electrons. The zero-order chi connectivity index (χ0) is 16.5. The maximum atomic E-state index is 11.7. The summed E-state index contributed by atoms with van der Waals surface area (Å²) in [5, 5.41) is 9.48. The first kappa shape index (κ1) is 21.5. The molecule has 2 fully saturated rings. The lowest BCUT2D eigenvalue weighted by Crippen LogP contribution is -2.40. The first-order chi connectivity index (χ1) is 11.2. The fraction of sp³-hybridized carbons (Fsp3) is 0.882. The van der Waals surface area contributed by atoms with E-state index in [1.54, 1.807) is 0 Å². The number of hydrogen-bond donors (Lipinski definition) is 3. The van der Waals surface area contributed by atoms with E-state index in [1.165, 1.54) is 25.9 Å². The number of likely N-dealkylation sites (tertiary alicyclic amines) is 1. The lowest BCUT2D eigenvalue weighted by molar-refractivity contribution is -0.119. The third-order valence-corrected chi connectivity index (χ3v) is 4.49. The van der Waals surface area contributed by atoms with Crippen molar-refractivity contribution < 1.29 is 4.79 Å². The highest BCUT2D eigenvalue weighted by atomic mass is 127. The molecule has 1 aliphatic heterocycles. The van der Waals surface area contributed by atoms with Crippen LogP contribution in [0.1, 0.15) is 46.0 Å². The number of guanidine groups is 1. The van der Waals surface area contributed by atoms with Crippen LogP contribution in [0.5, 0.6) is 0 Å². The van der Waals surface area contributed by atoms with Crippen molar-refractivity contribution in [3.63, 3.8) is 0 Å². The number of hydrogen-bond acceptors (Lipinski definition) is 3. The van der Waals surface area contributed by atoms with Gasteiger partial charge in [0.25, 0.3) is 0 Å². The maximum Gasteiger partial charge on any atom is 0.242 e. The molecule has 0 unspecified atom stereocenters. The van der Waals surface area contributed by atoms with E-state index in [9.17, 15) is 4.79 Å². The maximum absolute atomic E-state index is 11.7. The van der Waals surface area contributed by atoms with E-state index in [0.717, 1.165) is 50.8 Å². The quantitative estimate of drug-likeness (QED) is 0.227. The molecule has 0 atom stereocenters. The number of halogens is 1. The molecular weight excluding hydrogens is 417 g/mol. The van der Waals surface area contributed by atoms with Gasteiger partial charge in [-0.3, -0.25) is 4.79 Å². The molecule has 0 aromatic rings. The molecular formula is C17H34IN5O. The highest BCUT2D eigenvalue weighted by Gasteiger charge is 2.22. The lowest BCUT2D eigenvalue weighted by Gasteiger charge is -2.30. The normalized spacial score (nSPS) is 19.5. The SMILES string of the molecule is CCNC(=NCC(=O)NC1CC1)NCCCN1CCC(C)CC1.I. The third kappa shape index (κ3) is 9.05. The number of nitrogens with one attached hydrogen (secondary N) is 3. The summed E-state index contributed by atoms with van der Waals surface area (Å²) in [5.74, 6) is 1.65. The standard InChI is InChI=1S/C17H33N5O.HI/c1-3-18-17(20-13-16(23)21-15-5-6-15)19-9-4-10-22-11-7-14(2)8-12-22;/h14-15H,3-13H2,1-2H3,(H,21,23)(H2,18,19,20);1H. The fourth-order valence-corrected chi connectivity index (χ4v) is 2.79. The van der Waals surface area contributed by atoms with Crippen molar-refractivity contribution in [2.24, 2.45) is 10.9 Å². The Hall–Kier alpha value is -0.570. The summed E-state index contributed by atoms with van der Waals surface area (Å²) in [6, 6.07) is 0.403. The highest BCUT2D eigenvalue weighted by Crippen LogP contribution is 2.18. The van der Waals surface area contributed by atoms with Gasteiger partial charge in [-0.1, -0.05) is 6.92 Å². The zero-order valence-electron chi connectivity index (χ0n) is 15.1. The molecule has 7 heteroatoms. The van der Waals surface area contributed by atoms with Gasteiger partial charge in [0.15, 0.2) is 5.96 Å². The van der Waals surface area contributed by atoms with Crippen molar-refractivity contribution in [1.29, 1.82) is 0 Å². The van der Waals surface area contributed by atoms with E-state index in [-0.39, 0.29) is 36.4 Å². The van der Waals surface area contributed by atoms with Crippen molar-refractivity contribution in [2.75, 3.05) is 39.3 Å². The fourth-order valence-electron chi connectivity index (χ4n) is 2.79. The van der Waals surface area contributed by atoms with Gasteiger partial charge in [0, 0.05) is 19.1 Å². The van der Waals surface area contributed by atoms with Crippen LogP contribution < -0.4 is 16.0 Å². The van der Waals surface area contributed by atoms with Crippen molar-refractivity contribution in [3.05, 3.63) is 0 Å². The minimum Gasteiger partial charge on any atom is -0.357 e. The Bertz CT molecular complexity index is 392. The second kappa shape index (κ2) is 11.9. The van der Waals surface area contributed by atoms with Gasteiger partial charge in [0.2, 0.25) is 5.91 Å². The molecule has 0 aromatic carbocycles. The zero-order valence-corrected chi connectivity index (χ0v) is 17.5. The minimum absolute atomic E-state index is 0. The number of carbonyl (C=O) groups excluding carboxylic acids is 1. The van der Waals surface area contributed by atoms with Crippen molar-refractivity contribution in [1.82, 2.24) is 20.9 Å². The van der Waals surface area contributed by atoms with Crippen LogP contribution in [0.15, 0.2) is 4.99 Å². The summed E-state index contributed by atoms with van der Waals surface area (Å²) in [7, 11) is 0. The van der Waals surface area contributed by atoms with Gasteiger partial charge in [-0.05, 0) is 64.6 Å². The van der Waals surface area contributed by atoms with Crippen molar-refractivity contribution in [2.45, 2.75) is 52.0 Å². The molecule has 3 N–H and O–H groups in total. The third-order valence-electron chi connectivity index (χ3n) is 4.49. The van der Waals surface area contributed by atoms with E-state index < -0.39 is 0 Å². The number of rotatable bonds is 8. The molecule has 0 spiro atoms. The van der Waals surface area contributed by atoms with Crippen LogP contribution >= 0.6 is 24.0 Å². The van der Waals surface area contributed by atoms with Crippen LogP contribution in [0.2, 0.25) is 0 Å². The first-order valence-electron chi connectivity index (χ1n) is 9.21. The lowest BCUT2D eigenvalue weighted by atomic mass is 9.99. The monoisotopic (exact) mass is 451 g/mol. The molecule has 2 rings (SSSR count). The molecule has 24 heavy (non-hydrogen) atoms. The average molecular weight is 451 g/mol. The topological polar surface area (TPSA) is 68.8 Å². The second-order valence-electron chi connectivity index (χ2n) is 6.84. The summed E-state index contributed by atoms with van der Waals surface area (Å²) in [6.07, 6.45) is 5.99. The summed E-state index contributed by atoms with van der Waals surface area (Å²) < 4.78 is 0. The second-order valence-corrected chi connectivity index (χ2v) is 6.84. The van der Waals surface area contributed by atoms with Gasteiger partial charge < -0.3 is 20.9 Å². The van der Waals surface area contributed by atoms with E-state index in [0.29, 0.717) is 6.04 Å². The highest BCUT2D eigenvalue weighted by molar-refractivity contribution is 14.0. The van der Waals surface area contributed by atoms with Gasteiger partial charge in [0.1, 0.15) is 6.54 Å². The van der Waals surface area contributed by atoms with E-state index >= 15 is 0 Å². The van der Waals surface area contributed by atoms with Crippen LogP contribution in [-0.4, -0.2) is 62.1 Å². The Morgan fingerprint density at radius 2 is 1.88 bits per heavy atom. The molecule has 1 heterocycles. The van der Waals surface area contributed by atoms with E-state index in [2.05, 4.69) is 32.8 Å². The molecule has 1 saturated carbocycles. The van der Waals surface area contributed by atoms with Crippen molar-refractivity contribution >= 4 is 35.8 Å². The van der Waals surface area contributed by atoms with Gasteiger partial charge in [-0.15, -0.1) is 24.0 Å². The Morgan fingerprint density at radius 1 is 1.17 bits per heavy atom. The van der Waals surface area contributed by atoms with E-state index in [1.807, 2.05) is 6.92 Å². The Balaban J connectivity index is 0.00000288. The number of nitrogens with zero attached hydrogens (tertiary/aromatic N) is 2. The number of carbonyl (C=O) groups is 1. The molecule has 6 nitrogen and oxygen atoms in total. The number of aliphatic imine (C=N–C) groups is 1. The van der Waals surface area contributed by atoms with Crippen LogP contribution in [0.25, 0.3) is 0 Å². The predicted octanol–water partition coefficient (Wildman–Crippen LogP) is 1.56. The van der Waals surface area contributed by atoms with E-state index in [4.69, 9.17) is 0 Å². The predicted molar refractivity (Wildman–Crippen MR) is 110 cm³/mol. The van der Waals surface area contributed by atoms with Crippen molar-refractivity contribution in [3.8, 4) is 0 Å². The summed E-state index contributed by atoms with van der Waals surface area (Å²) in [6.45, 7) is 9.89. The van der Waals surface area contributed by atoms with Gasteiger partial charge in [-0.25, -0.2) is 4.99 Å². The minimum atomic E-state index is 0. The Kier molecular flexibility index (Phi) is 10.6. The average Bonchev–Trinajstić information content (AvgIpc) is 3.34. The van der Waals surface area contributed by atoms with Gasteiger partial charge in [-0.2, -0.15) is 0 Å². The van der Waals surface area contributed by atoms with Gasteiger partial charge in [0.05, 0.1) is 0 Å². The van der Waals surface area contributed by atoms with Crippen LogP contribution in [-0.2, 0) is 4.79 Å². The molecule has 1 amide bonds. The molecule has 0 aromatic heterocycles. The largest absolute Gasteiger partial charge is 0.357 e. The molecule has 1 aliphatic carbocycles. The van der Waals surface area contributed by atoms with Crippen LogP contribution in [0.3, 0.4) is 0 Å². The first-order valence-corrected chi connectivity index (χ1v) is 9.21. The van der Waals surface area contributed by atoms with Gasteiger partial charge >= 0.3 is 0 Å². The molecule has 1 saturated heterocycles. The number of piperidine rings is 1. The molecule has 2 aliphatic rings. The van der Waals surface area contributed by atoms with Crippen LogP contribution in [0.4, 0.5) is 0 Å². The Morgan fingerprint density at radius 3 is 2.50 bits per heavy atom. The smallest absolute Gasteiger partial charge is 0.242 e. The Labute approximate surface area is 163 Å². The summed E-state index contributed by atoms with van der Waals surface area (Å²) in [5.41, 5.74) is 0.